The first-order valence-electron chi connectivity index (χ1n) is 7.43. The first kappa shape index (κ1) is 14.8. The van der Waals surface area contributed by atoms with Gasteiger partial charge in [0.2, 0.25) is 5.91 Å². The summed E-state index contributed by atoms with van der Waals surface area (Å²) in [5.41, 5.74) is 5.88. The molecule has 0 aromatic carbocycles. The maximum atomic E-state index is 12.0. The van der Waals surface area contributed by atoms with E-state index in [1.165, 1.54) is 0 Å². The Labute approximate surface area is 116 Å². The van der Waals surface area contributed by atoms with Crippen molar-refractivity contribution in [3.05, 3.63) is 0 Å². The van der Waals surface area contributed by atoms with Crippen molar-refractivity contribution >= 4 is 5.91 Å². The van der Waals surface area contributed by atoms with Crippen LogP contribution in [-0.4, -0.2) is 66.1 Å². The number of nitrogens with two attached hydrogens (primary N) is 1. The van der Waals surface area contributed by atoms with Crippen LogP contribution >= 0.6 is 0 Å². The summed E-state index contributed by atoms with van der Waals surface area (Å²) in [7, 11) is 0. The summed E-state index contributed by atoms with van der Waals surface area (Å²) in [5, 5.41) is 3.09. The number of carbonyl (C=O) groups excluding carboxylic acids is 1. The summed E-state index contributed by atoms with van der Waals surface area (Å²) in [5.74, 6) is 0.189. The highest BCUT2D eigenvalue weighted by atomic mass is 16.2. The molecule has 0 radical (unpaired) electrons. The Bertz CT molecular complexity index is 319. The smallest absolute Gasteiger partial charge is 0.237 e. The molecule has 110 valence electrons. The van der Waals surface area contributed by atoms with E-state index in [1.807, 2.05) is 6.92 Å². The number of hydrogen-bond acceptors (Lipinski definition) is 4. The average molecular weight is 268 g/mol. The number of nitrogens with one attached hydrogen (secondary N) is 1. The number of hydrogen-bond donors (Lipinski definition) is 2. The topological polar surface area (TPSA) is 61.6 Å². The highest BCUT2D eigenvalue weighted by Crippen LogP contribution is 2.20. The van der Waals surface area contributed by atoms with Crippen molar-refractivity contribution < 1.29 is 4.79 Å². The lowest BCUT2D eigenvalue weighted by molar-refractivity contribution is -0.127. The van der Waals surface area contributed by atoms with Gasteiger partial charge in [-0.05, 0) is 33.6 Å². The van der Waals surface area contributed by atoms with Gasteiger partial charge in [-0.25, -0.2) is 0 Å². The number of amides is 1. The van der Waals surface area contributed by atoms with Crippen molar-refractivity contribution in [3.8, 4) is 0 Å². The van der Waals surface area contributed by atoms with Crippen LogP contribution in [0.5, 0.6) is 0 Å². The van der Waals surface area contributed by atoms with Gasteiger partial charge in [-0.1, -0.05) is 0 Å². The second-order valence-electron chi connectivity index (χ2n) is 6.50. The van der Waals surface area contributed by atoms with Crippen molar-refractivity contribution in [2.24, 2.45) is 5.73 Å². The Morgan fingerprint density at radius 3 is 2.37 bits per heavy atom. The van der Waals surface area contributed by atoms with Gasteiger partial charge in [0.25, 0.3) is 0 Å². The van der Waals surface area contributed by atoms with Crippen LogP contribution in [0.25, 0.3) is 0 Å². The molecule has 5 nitrogen and oxygen atoms in total. The molecule has 0 aromatic rings. The second kappa shape index (κ2) is 5.77. The van der Waals surface area contributed by atoms with Crippen LogP contribution in [0.1, 0.15) is 33.6 Å². The van der Waals surface area contributed by atoms with Gasteiger partial charge in [-0.15, -0.1) is 0 Å². The predicted molar refractivity (Wildman–Crippen MR) is 76.9 cm³/mol. The Hall–Kier alpha value is -0.650. The first-order chi connectivity index (χ1) is 8.94. The lowest BCUT2D eigenvalue weighted by Crippen LogP contribution is -2.60. The summed E-state index contributed by atoms with van der Waals surface area (Å²) in [6.45, 7) is 10.9. The van der Waals surface area contributed by atoms with E-state index in [-0.39, 0.29) is 17.5 Å². The van der Waals surface area contributed by atoms with Gasteiger partial charge in [0.1, 0.15) is 0 Å². The monoisotopic (exact) mass is 268 g/mol. The molecule has 2 fully saturated rings. The molecule has 2 aliphatic rings. The molecule has 0 spiro atoms. The van der Waals surface area contributed by atoms with Gasteiger partial charge >= 0.3 is 0 Å². The van der Waals surface area contributed by atoms with E-state index in [0.717, 1.165) is 39.0 Å². The summed E-state index contributed by atoms with van der Waals surface area (Å²) in [6.07, 6.45) is 2.30. The molecule has 1 aliphatic heterocycles. The molecular weight excluding hydrogens is 240 g/mol. The molecule has 1 amide bonds. The highest BCUT2D eigenvalue weighted by molar-refractivity contribution is 5.81. The molecule has 1 aliphatic carbocycles. The third-order valence-electron chi connectivity index (χ3n) is 4.52. The van der Waals surface area contributed by atoms with Crippen molar-refractivity contribution in [2.45, 2.75) is 51.2 Å². The Morgan fingerprint density at radius 1 is 1.32 bits per heavy atom. The summed E-state index contributed by atoms with van der Waals surface area (Å²) in [6, 6.07) is 0.441. The maximum Gasteiger partial charge on any atom is 0.237 e. The van der Waals surface area contributed by atoms with Gasteiger partial charge in [0.05, 0.1) is 6.04 Å². The summed E-state index contributed by atoms with van der Waals surface area (Å²) < 4.78 is 0. The van der Waals surface area contributed by atoms with Crippen LogP contribution in [-0.2, 0) is 4.79 Å². The lowest BCUT2D eigenvalue weighted by atomic mass is 10.0. The van der Waals surface area contributed by atoms with E-state index in [0.29, 0.717) is 12.6 Å². The van der Waals surface area contributed by atoms with Crippen molar-refractivity contribution in [1.82, 2.24) is 15.1 Å². The number of carbonyl (C=O) groups is 1. The Balaban J connectivity index is 1.80. The molecule has 1 saturated heterocycles. The molecule has 1 unspecified atom stereocenters. The lowest BCUT2D eigenvalue weighted by Gasteiger charge is -2.44. The molecule has 3 N–H and O–H groups in total. The minimum atomic E-state index is -0.0104. The molecule has 0 bridgehead atoms. The maximum absolute atomic E-state index is 12.0. The van der Waals surface area contributed by atoms with Gasteiger partial charge in [0.15, 0.2) is 0 Å². The van der Waals surface area contributed by atoms with Crippen LogP contribution in [0.15, 0.2) is 0 Å². The fraction of sp³-hybridized carbons (Fsp3) is 0.929. The number of nitrogens with zero attached hydrogens (tertiary/aromatic N) is 2. The first-order valence-corrected chi connectivity index (χ1v) is 7.43. The van der Waals surface area contributed by atoms with Crippen LogP contribution in [0.3, 0.4) is 0 Å². The van der Waals surface area contributed by atoms with Gasteiger partial charge < -0.3 is 11.1 Å². The SMILES string of the molecule is CC(C(=O)NC1CC1)N1CCN(C(C)(C)CN)CC1. The molecule has 1 atom stereocenters. The fourth-order valence-corrected chi connectivity index (χ4v) is 2.56. The molecule has 0 aromatic heterocycles. The minimum Gasteiger partial charge on any atom is -0.352 e. The van der Waals surface area contributed by atoms with Crippen molar-refractivity contribution in [3.63, 3.8) is 0 Å². The third-order valence-corrected chi connectivity index (χ3v) is 4.52. The zero-order valence-corrected chi connectivity index (χ0v) is 12.5. The summed E-state index contributed by atoms with van der Waals surface area (Å²) in [4.78, 5) is 16.7. The van der Waals surface area contributed by atoms with Gasteiger partial charge in [-0.3, -0.25) is 14.6 Å². The average Bonchev–Trinajstić information content (AvgIpc) is 3.22. The van der Waals surface area contributed by atoms with Crippen LogP contribution in [0.4, 0.5) is 0 Å². The van der Waals surface area contributed by atoms with E-state index in [4.69, 9.17) is 5.73 Å². The Morgan fingerprint density at radius 2 is 1.89 bits per heavy atom. The van der Waals surface area contributed by atoms with Crippen molar-refractivity contribution in [2.75, 3.05) is 32.7 Å². The molecule has 5 heteroatoms. The zero-order chi connectivity index (χ0) is 14.0. The quantitative estimate of drug-likeness (QED) is 0.737. The van der Waals surface area contributed by atoms with Crippen LogP contribution in [0.2, 0.25) is 0 Å². The van der Waals surface area contributed by atoms with E-state index in [1.54, 1.807) is 0 Å². The second-order valence-corrected chi connectivity index (χ2v) is 6.50. The van der Waals surface area contributed by atoms with E-state index in [2.05, 4.69) is 29.0 Å². The molecule has 1 heterocycles. The predicted octanol–water partition coefficient (Wildman–Crippen LogP) is 0.00840. The van der Waals surface area contributed by atoms with E-state index < -0.39 is 0 Å². The van der Waals surface area contributed by atoms with E-state index in [9.17, 15) is 4.79 Å². The van der Waals surface area contributed by atoms with Crippen LogP contribution in [0, 0.1) is 0 Å². The summed E-state index contributed by atoms with van der Waals surface area (Å²) >= 11 is 0. The fourth-order valence-electron chi connectivity index (χ4n) is 2.56. The van der Waals surface area contributed by atoms with Crippen LogP contribution < -0.4 is 11.1 Å². The third kappa shape index (κ3) is 3.68. The van der Waals surface area contributed by atoms with Crippen molar-refractivity contribution in [1.29, 1.82) is 0 Å². The molecule has 2 rings (SSSR count). The van der Waals surface area contributed by atoms with E-state index >= 15 is 0 Å². The largest absolute Gasteiger partial charge is 0.352 e. The molecule has 1 saturated carbocycles. The van der Waals surface area contributed by atoms with Gasteiger partial charge in [-0.2, -0.15) is 0 Å². The highest BCUT2D eigenvalue weighted by Gasteiger charge is 2.33. The Kier molecular flexibility index (Phi) is 4.48. The standard InChI is InChI=1S/C14H28N4O/c1-11(13(19)16-12-4-5-12)17-6-8-18(9-7-17)14(2,3)10-15/h11-12H,4-10,15H2,1-3H3,(H,16,19). The normalized spacial score (nSPS) is 24.2. The zero-order valence-electron chi connectivity index (χ0n) is 12.5. The molecule has 19 heavy (non-hydrogen) atoms. The number of rotatable bonds is 5. The minimum absolute atomic E-state index is 0.0104. The van der Waals surface area contributed by atoms with Gasteiger partial charge in [0, 0.05) is 44.3 Å². The number of piperazine rings is 1. The molecular formula is C14H28N4O.